The zero-order chi connectivity index (χ0) is 22.4. The molecule has 0 spiro atoms. The molecule has 158 valence electrons. The van der Waals surface area contributed by atoms with Gasteiger partial charge in [-0.05, 0) is 48.4 Å². The zero-order valence-corrected chi connectivity index (χ0v) is 18.1. The largest absolute Gasteiger partial charge is 0.508 e. The first kappa shape index (κ1) is 22.3. The molecule has 1 aliphatic heterocycles. The van der Waals surface area contributed by atoms with Crippen LogP contribution in [-0.2, 0) is 9.59 Å². The summed E-state index contributed by atoms with van der Waals surface area (Å²) in [6.45, 7) is 1.56. The fourth-order valence-electron chi connectivity index (χ4n) is 2.69. The number of amides is 3. The molecular formula is C22H19N3O4S2. The minimum atomic E-state index is -0.596. The van der Waals surface area contributed by atoms with E-state index in [1.807, 2.05) is 43.3 Å². The predicted molar refractivity (Wildman–Crippen MR) is 124 cm³/mol. The van der Waals surface area contributed by atoms with Crippen molar-refractivity contribution in [2.75, 3.05) is 6.54 Å². The third-order valence-electron chi connectivity index (χ3n) is 4.17. The van der Waals surface area contributed by atoms with Gasteiger partial charge in [0.1, 0.15) is 16.6 Å². The first-order chi connectivity index (χ1) is 14.8. The summed E-state index contributed by atoms with van der Waals surface area (Å²) in [5, 5.41) is 9.25. The maximum absolute atomic E-state index is 12.7. The average Bonchev–Trinajstić information content (AvgIpc) is 3.00. The number of nitrogens with one attached hydrogen (secondary N) is 2. The van der Waals surface area contributed by atoms with Crippen LogP contribution in [0.4, 0.5) is 0 Å². The van der Waals surface area contributed by atoms with E-state index in [0.29, 0.717) is 4.91 Å². The van der Waals surface area contributed by atoms with Gasteiger partial charge in [0.2, 0.25) is 0 Å². The highest BCUT2D eigenvalue weighted by Gasteiger charge is 2.33. The molecule has 2 aromatic carbocycles. The van der Waals surface area contributed by atoms with E-state index in [1.54, 1.807) is 6.08 Å². The normalized spacial score (nSPS) is 15.3. The summed E-state index contributed by atoms with van der Waals surface area (Å²) in [4.78, 5) is 38.5. The number of benzene rings is 2. The maximum Gasteiger partial charge on any atom is 0.269 e. The molecule has 0 aliphatic carbocycles. The molecule has 0 bridgehead atoms. The number of carbonyl (C=O) groups excluding carboxylic acids is 3. The van der Waals surface area contributed by atoms with Crippen LogP contribution in [-0.4, -0.2) is 38.6 Å². The van der Waals surface area contributed by atoms with Crippen LogP contribution < -0.4 is 10.9 Å². The number of allylic oxidation sites excluding steroid dienone is 2. The van der Waals surface area contributed by atoms with Crippen LogP contribution in [0.25, 0.3) is 6.08 Å². The van der Waals surface area contributed by atoms with Crippen LogP contribution in [0.15, 0.2) is 71.2 Å². The standard InChI is InChI=1S/C22H19N3O4S2/c1-14(11-15-5-3-2-4-6-15)12-18-21(29)25(22(30)31-18)13-19(27)23-24-20(28)16-7-9-17(26)10-8-16/h2-12,26H,13H2,1H3,(H,23,27)(H,24,28). The van der Waals surface area contributed by atoms with Gasteiger partial charge in [-0.15, -0.1) is 0 Å². The monoisotopic (exact) mass is 453 g/mol. The van der Waals surface area contributed by atoms with Crippen molar-refractivity contribution in [3.8, 4) is 5.75 Å². The van der Waals surface area contributed by atoms with Gasteiger partial charge in [-0.1, -0.05) is 60.4 Å². The van der Waals surface area contributed by atoms with Crippen LogP contribution in [0.1, 0.15) is 22.8 Å². The molecular weight excluding hydrogens is 434 g/mol. The summed E-state index contributed by atoms with van der Waals surface area (Å²) in [7, 11) is 0. The smallest absolute Gasteiger partial charge is 0.269 e. The summed E-state index contributed by atoms with van der Waals surface area (Å²) in [6.07, 6.45) is 3.68. The Morgan fingerprint density at radius 3 is 2.45 bits per heavy atom. The van der Waals surface area contributed by atoms with Crippen LogP contribution in [0.2, 0.25) is 0 Å². The van der Waals surface area contributed by atoms with Crippen molar-refractivity contribution >= 4 is 52.1 Å². The Kier molecular flexibility index (Phi) is 7.22. The third kappa shape index (κ3) is 6.03. The Hall–Kier alpha value is -3.43. The summed E-state index contributed by atoms with van der Waals surface area (Å²) < 4.78 is 0.267. The SMILES string of the molecule is CC(=Cc1ccccc1)C=C1SC(=S)N(CC(=O)NNC(=O)c2ccc(O)cc2)C1=O. The Morgan fingerprint density at radius 1 is 1.10 bits per heavy atom. The lowest BCUT2D eigenvalue weighted by Gasteiger charge is -2.14. The number of hydrogen-bond acceptors (Lipinski definition) is 6. The second-order valence-corrected chi connectivity index (χ2v) is 8.29. The van der Waals surface area contributed by atoms with E-state index in [9.17, 15) is 19.5 Å². The molecule has 3 amide bonds. The number of carbonyl (C=O) groups is 3. The van der Waals surface area contributed by atoms with Gasteiger partial charge in [0.05, 0.1) is 4.91 Å². The second-order valence-electron chi connectivity index (χ2n) is 6.62. The van der Waals surface area contributed by atoms with Crippen molar-refractivity contribution in [2.24, 2.45) is 0 Å². The number of hydrogen-bond donors (Lipinski definition) is 3. The van der Waals surface area contributed by atoms with Gasteiger partial charge >= 0.3 is 0 Å². The summed E-state index contributed by atoms with van der Waals surface area (Å²) in [5.41, 5.74) is 6.66. The minimum absolute atomic E-state index is 0.0249. The first-order valence-corrected chi connectivity index (χ1v) is 10.4. The quantitative estimate of drug-likeness (QED) is 0.366. The molecule has 1 heterocycles. The zero-order valence-electron chi connectivity index (χ0n) is 16.5. The van der Waals surface area contributed by atoms with Crippen LogP contribution in [0.3, 0.4) is 0 Å². The molecule has 3 rings (SSSR count). The van der Waals surface area contributed by atoms with Gasteiger partial charge in [0.25, 0.3) is 17.7 Å². The fourth-order valence-corrected chi connectivity index (χ4v) is 4.00. The molecule has 0 saturated carbocycles. The van der Waals surface area contributed by atoms with Crippen molar-refractivity contribution in [2.45, 2.75) is 6.92 Å². The van der Waals surface area contributed by atoms with E-state index in [-0.39, 0.29) is 28.1 Å². The number of nitrogens with zero attached hydrogens (tertiary/aromatic N) is 1. The van der Waals surface area contributed by atoms with Crippen LogP contribution in [0.5, 0.6) is 5.75 Å². The average molecular weight is 454 g/mol. The molecule has 1 saturated heterocycles. The predicted octanol–water partition coefficient (Wildman–Crippen LogP) is 3.00. The molecule has 0 aromatic heterocycles. The van der Waals surface area contributed by atoms with Gasteiger partial charge in [-0.2, -0.15) is 0 Å². The van der Waals surface area contributed by atoms with E-state index < -0.39 is 11.8 Å². The van der Waals surface area contributed by atoms with Gasteiger partial charge in [0, 0.05) is 5.56 Å². The molecule has 31 heavy (non-hydrogen) atoms. The first-order valence-electron chi connectivity index (χ1n) is 9.20. The second kappa shape index (κ2) is 10.1. The van der Waals surface area contributed by atoms with Crippen LogP contribution in [0, 0.1) is 0 Å². The van der Waals surface area contributed by atoms with E-state index >= 15 is 0 Å². The van der Waals surface area contributed by atoms with Gasteiger partial charge in [-0.25, -0.2) is 0 Å². The van der Waals surface area contributed by atoms with Crippen LogP contribution >= 0.6 is 24.0 Å². The van der Waals surface area contributed by atoms with Crippen molar-refractivity contribution in [1.82, 2.24) is 15.8 Å². The number of phenols is 1. The summed E-state index contributed by atoms with van der Waals surface area (Å²) in [5.74, 6) is -1.49. The topological polar surface area (TPSA) is 98.7 Å². The molecule has 7 nitrogen and oxygen atoms in total. The minimum Gasteiger partial charge on any atom is -0.508 e. The number of phenolic OH excluding ortho intramolecular Hbond substituents is 1. The summed E-state index contributed by atoms with van der Waals surface area (Å²) >= 11 is 6.36. The Morgan fingerprint density at radius 2 is 1.77 bits per heavy atom. The van der Waals surface area contributed by atoms with E-state index in [4.69, 9.17) is 12.2 Å². The highest BCUT2D eigenvalue weighted by molar-refractivity contribution is 8.26. The van der Waals surface area contributed by atoms with Crippen molar-refractivity contribution in [3.05, 3.63) is 82.3 Å². The lowest BCUT2D eigenvalue weighted by molar-refractivity contribution is -0.129. The van der Waals surface area contributed by atoms with Crippen molar-refractivity contribution in [1.29, 1.82) is 0 Å². The van der Waals surface area contributed by atoms with Crippen molar-refractivity contribution < 1.29 is 19.5 Å². The molecule has 9 heteroatoms. The van der Waals surface area contributed by atoms with E-state index in [1.165, 1.54) is 29.2 Å². The van der Waals surface area contributed by atoms with Crippen molar-refractivity contribution in [3.63, 3.8) is 0 Å². The van der Waals surface area contributed by atoms with Gasteiger partial charge in [0.15, 0.2) is 0 Å². The lowest BCUT2D eigenvalue weighted by Crippen LogP contribution is -2.47. The Bertz CT molecular complexity index is 1080. The van der Waals surface area contributed by atoms with Gasteiger partial charge < -0.3 is 5.11 Å². The number of aromatic hydroxyl groups is 1. The number of thioether (sulfide) groups is 1. The molecule has 0 unspecified atom stereocenters. The highest BCUT2D eigenvalue weighted by atomic mass is 32.2. The molecule has 1 fully saturated rings. The van der Waals surface area contributed by atoms with Gasteiger partial charge in [-0.3, -0.25) is 30.1 Å². The molecule has 3 N–H and O–H groups in total. The Labute approximate surface area is 188 Å². The molecule has 0 radical (unpaired) electrons. The molecule has 1 aliphatic rings. The molecule has 0 atom stereocenters. The van der Waals surface area contributed by atoms with E-state index in [0.717, 1.165) is 22.9 Å². The Balaban J connectivity index is 1.58. The maximum atomic E-state index is 12.7. The fraction of sp³-hybridized carbons (Fsp3) is 0.0909. The number of rotatable bonds is 5. The van der Waals surface area contributed by atoms with E-state index in [2.05, 4.69) is 10.9 Å². The molecule has 2 aromatic rings. The summed E-state index contributed by atoms with van der Waals surface area (Å²) in [6, 6.07) is 15.2. The number of hydrazine groups is 1. The number of thiocarbonyl (C=S) groups is 1. The third-order valence-corrected chi connectivity index (χ3v) is 5.55. The highest BCUT2D eigenvalue weighted by Crippen LogP contribution is 2.31. The lowest BCUT2D eigenvalue weighted by atomic mass is 10.1.